The average molecular weight is 469 g/mol. The Kier molecular flexibility index (Phi) is 7.77. The van der Waals surface area contributed by atoms with Gasteiger partial charge in [-0.3, -0.25) is 4.90 Å². The molecule has 8 heteroatoms. The molecule has 0 radical (unpaired) electrons. The van der Waals surface area contributed by atoms with Crippen LogP contribution in [0.5, 0.6) is 17.2 Å². The number of hydrogen-bond acceptors (Lipinski definition) is 7. The summed E-state index contributed by atoms with van der Waals surface area (Å²) < 4.78 is 18.7. The van der Waals surface area contributed by atoms with E-state index >= 15 is 0 Å². The topological polar surface area (TPSA) is 61.6 Å². The van der Waals surface area contributed by atoms with E-state index in [2.05, 4.69) is 51.0 Å². The predicted molar refractivity (Wildman–Crippen MR) is 130 cm³/mol. The van der Waals surface area contributed by atoms with Gasteiger partial charge >= 0.3 is 0 Å². The van der Waals surface area contributed by atoms with E-state index in [1.54, 1.807) is 33.1 Å². The summed E-state index contributed by atoms with van der Waals surface area (Å²) in [5.41, 5.74) is 2.43. The molecule has 1 aliphatic heterocycles. The highest BCUT2D eigenvalue weighted by atomic mass is 32.2. The van der Waals surface area contributed by atoms with Crippen LogP contribution in [0.3, 0.4) is 0 Å². The summed E-state index contributed by atoms with van der Waals surface area (Å²) >= 11 is 1.74. The third kappa shape index (κ3) is 5.45. The fourth-order valence-electron chi connectivity index (χ4n) is 4.42. The highest BCUT2D eigenvalue weighted by molar-refractivity contribution is 7.98. The summed E-state index contributed by atoms with van der Waals surface area (Å²) in [7, 11) is 7.02. The second-order valence-corrected chi connectivity index (χ2v) is 9.22. The van der Waals surface area contributed by atoms with Gasteiger partial charge in [0, 0.05) is 31.8 Å². The summed E-state index contributed by atoms with van der Waals surface area (Å²) in [6.07, 6.45) is 2.26. The summed E-state index contributed by atoms with van der Waals surface area (Å²) in [5.74, 6) is 4.33. The smallest absolute Gasteiger partial charge is 0.203 e. The Morgan fingerprint density at radius 1 is 0.970 bits per heavy atom. The Morgan fingerprint density at radius 3 is 2.36 bits per heavy atom. The SMILES string of the molecule is COc1cc(CN2CCCC(c3nnc(SCc4ccccc4)n3C)C2)cc(OC)c1OC. The second kappa shape index (κ2) is 10.9. The maximum absolute atomic E-state index is 5.52. The minimum Gasteiger partial charge on any atom is -0.493 e. The zero-order valence-corrected chi connectivity index (χ0v) is 20.6. The van der Waals surface area contributed by atoms with Crippen molar-refractivity contribution < 1.29 is 14.2 Å². The molecule has 176 valence electrons. The van der Waals surface area contributed by atoms with E-state index in [0.29, 0.717) is 23.2 Å². The van der Waals surface area contributed by atoms with Gasteiger partial charge in [0.25, 0.3) is 0 Å². The van der Waals surface area contributed by atoms with Crippen LogP contribution in [0.2, 0.25) is 0 Å². The predicted octanol–water partition coefficient (Wildman–Crippen LogP) is 4.51. The van der Waals surface area contributed by atoms with Crippen molar-refractivity contribution in [2.24, 2.45) is 7.05 Å². The Balaban J connectivity index is 1.43. The zero-order valence-electron chi connectivity index (χ0n) is 19.8. The number of thioether (sulfide) groups is 1. The summed E-state index contributed by atoms with van der Waals surface area (Å²) in [6.45, 7) is 2.83. The molecule has 7 nitrogen and oxygen atoms in total. The molecule has 1 fully saturated rings. The Hall–Kier alpha value is -2.71. The van der Waals surface area contributed by atoms with Crippen LogP contribution in [0.4, 0.5) is 0 Å². The molecule has 1 aromatic heterocycles. The largest absolute Gasteiger partial charge is 0.493 e. The standard InChI is InChI=1S/C25H32N4O3S/c1-28-24(26-27-25(28)33-17-18-9-6-5-7-10-18)20-11-8-12-29(16-20)15-19-13-21(30-2)23(32-4)22(14-19)31-3/h5-7,9-10,13-14,20H,8,11-12,15-17H2,1-4H3. The van der Waals surface area contributed by atoms with Gasteiger partial charge in [0.1, 0.15) is 5.82 Å². The van der Waals surface area contributed by atoms with Gasteiger partial charge in [0.15, 0.2) is 16.7 Å². The lowest BCUT2D eigenvalue weighted by Crippen LogP contribution is -2.34. The van der Waals surface area contributed by atoms with Crippen molar-refractivity contribution in [1.82, 2.24) is 19.7 Å². The van der Waals surface area contributed by atoms with Gasteiger partial charge in [0.05, 0.1) is 21.3 Å². The van der Waals surface area contributed by atoms with E-state index in [0.717, 1.165) is 54.8 Å². The van der Waals surface area contributed by atoms with Crippen LogP contribution in [0.15, 0.2) is 47.6 Å². The molecule has 1 aliphatic rings. The molecule has 3 aromatic rings. The van der Waals surface area contributed by atoms with E-state index in [1.807, 2.05) is 18.2 Å². The molecular formula is C25H32N4O3S. The Morgan fingerprint density at radius 2 is 1.70 bits per heavy atom. The quantitative estimate of drug-likeness (QED) is 0.428. The normalized spacial score (nSPS) is 16.5. The van der Waals surface area contributed by atoms with Crippen LogP contribution in [-0.2, 0) is 19.3 Å². The van der Waals surface area contributed by atoms with Crippen LogP contribution in [0.1, 0.15) is 35.7 Å². The summed E-state index contributed by atoms with van der Waals surface area (Å²) in [4.78, 5) is 2.47. The first-order valence-corrected chi connectivity index (χ1v) is 12.2. The van der Waals surface area contributed by atoms with E-state index in [9.17, 15) is 0 Å². The van der Waals surface area contributed by atoms with Gasteiger partial charge in [0.2, 0.25) is 5.75 Å². The first-order chi connectivity index (χ1) is 16.1. The lowest BCUT2D eigenvalue weighted by molar-refractivity contribution is 0.194. The number of piperidine rings is 1. The highest BCUT2D eigenvalue weighted by Crippen LogP contribution is 2.39. The minimum atomic E-state index is 0.365. The van der Waals surface area contributed by atoms with Gasteiger partial charge in [-0.2, -0.15) is 0 Å². The number of nitrogens with zero attached hydrogens (tertiary/aromatic N) is 4. The number of hydrogen-bond donors (Lipinski definition) is 0. The fourth-order valence-corrected chi connectivity index (χ4v) is 5.30. The maximum Gasteiger partial charge on any atom is 0.203 e. The van der Waals surface area contributed by atoms with Crippen molar-refractivity contribution in [2.45, 2.75) is 36.2 Å². The minimum absolute atomic E-state index is 0.365. The third-order valence-electron chi connectivity index (χ3n) is 6.08. The van der Waals surface area contributed by atoms with E-state index in [-0.39, 0.29) is 0 Å². The number of aromatic nitrogens is 3. The van der Waals surface area contributed by atoms with Crippen molar-refractivity contribution in [1.29, 1.82) is 0 Å². The van der Waals surface area contributed by atoms with Crippen molar-refractivity contribution in [3.63, 3.8) is 0 Å². The Labute approximate surface area is 200 Å². The third-order valence-corrected chi connectivity index (χ3v) is 7.17. The second-order valence-electron chi connectivity index (χ2n) is 8.28. The van der Waals surface area contributed by atoms with Crippen LogP contribution < -0.4 is 14.2 Å². The van der Waals surface area contributed by atoms with Gasteiger partial charge in [-0.1, -0.05) is 42.1 Å². The molecule has 33 heavy (non-hydrogen) atoms. The van der Waals surface area contributed by atoms with Gasteiger partial charge in [-0.05, 0) is 42.6 Å². The summed E-state index contributed by atoms with van der Waals surface area (Å²) in [6, 6.07) is 14.5. The first kappa shape index (κ1) is 23.4. The van der Waals surface area contributed by atoms with Gasteiger partial charge in [-0.25, -0.2) is 0 Å². The number of likely N-dealkylation sites (tertiary alicyclic amines) is 1. The zero-order chi connectivity index (χ0) is 23.2. The molecule has 0 saturated carbocycles. The molecule has 0 bridgehead atoms. The highest BCUT2D eigenvalue weighted by Gasteiger charge is 2.26. The molecule has 0 amide bonds. The molecule has 0 aliphatic carbocycles. The summed E-state index contributed by atoms with van der Waals surface area (Å²) in [5, 5.41) is 10.0. The monoisotopic (exact) mass is 468 g/mol. The number of rotatable bonds is 9. The van der Waals surface area contributed by atoms with Crippen molar-refractivity contribution in [3.8, 4) is 17.2 Å². The van der Waals surface area contributed by atoms with Crippen LogP contribution in [-0.4, -0.2) is 54.1 Å². The molecule has 0 spiro atoms. The lowest BCUT2D eigenvalue weighted by atomic mass is 9.96. The average Bonchev–Trinajstić information content (AvgIpc) is 3.23. The molecule has 0 N–H and O–H groups in total. The maximum atomic E-state index is 5.52. The molecule has 1 unspecified atom stereocenters. The molecule has 1 saturated heterocycles. The number of benzene rings is 2. The Bertz CT molecular complexity index is 1030. The van der Waals surface area contributed by atoms with Crippen LogP contribution >= 0.6 is 11.8 Å². The van der Waals surface area contributed by atoms with Gasteiger partial charge in [-0.15, -0.1) is 10.2 Å². The van der Waals surface area contributed by atoms with Crippen molar-refractivity contribution >= 4 is 11.8 Å². The van der Waals surface area contributed by atoms with Crippen LogP contribution in [0, 0.1) is 0 Å². The fraction of sp³-hybridized carbons (Fsp3) is 0.440. The molecule has 1 atom stereocenters. The number of methoxy groups -OCH3 is 3. The van der Waals surface area contributed by atoms with Crippen molar-refractivity contribution in [2.75, 3.05) is 34.4 Å². The lowest BCUT2D eigenvalue weighted by Gasteiger charge is -2.32. The van der Waals surface area contributed by atoms with Crippen molar-refractivity contribution in [3.05, 3.63) is 59.4 Å². The van der Waals surface area contributed by atoms with Gasteiger partial charge < -0.3 is 18.8 Å². The number of ether oxygens (including phenoxy) is 3. The van der Waals surface area contributed by atoms with E-state index < -0.39 is 0 Å². The van der Waals surface area contributed by atoms with Crippen LogP contribution in [0.25, 0.3) is 0 Å². The van der Waals surface area contributed by atoms with E-state index in [4.69, 9.17) is 14.2 Å². The first-order valence-electron chi connectivity index (χ1n) is 11.2. The molecule has 2 heterocycles. The van der Waals surface area contributed by atoms with E-state index in [1.165, 1.54) is 5.56 Å². The molecular weight excluding hydrogens is 436 g/mol. The molecule has 2 aromatic carbocycles. The molecule has 4 rings (SSSR count).